The normalized spacial score (nSPS) is 21.9. The van der Waals surface area contributed by atoms with Gasteiger partial charge in [-0.05, 0) is 147 Å². The zero-order valence-corrected chi connectivity index (χ0v) is 32.6. The summed E-state index contributed by atoms with van der Waals surface area (Å²) in [6.07, 6.45) is 16.3. The van der Waals surface area contributed by atoms with Crippen LogP contribution in [0.4, 0.5) is 0 Å². The van der Waals surface area contributed by atoms with Crippen LogP contribution in [-0.4, -0.2) is 13.2 Å². The molecular weight excluding hydrogens is 641 g/mol. The second-order valence-corrected chi connectivity index (χ2v) is 16.5. The van der Waals surface area contributed by atoms with Crippen LogP contribution in [-0.2, 0) is 0 Å². The van der Waals surface area contributed by atoms with E-state index in [1.54, 1.807) is 0 Å². The zero-order chi connectivity index (χ0) is 35.4. The van der Waals surface area contributed by atoms with Gasteiger partial charge in [-0.2, -0.15) is 0 Å². The average molecular weight is 703 g/mol. The molecule has 2 nitrogen and oxygen atoms in total. The Morgan fingerprint density at radius 3 is 1.06 bits per heavy atom. The lowest BCUT2D eigenvalue weighted by Crippen LogP contribution is -2.13. The minimum Gasteiger partial charge on any atom is -0.494 e. The van der Waals surface area contributed by atoms with Crippen LogP contribution < -0.4 is 9.47 Å². The Labute approximate surface area is 314 Å². The van der Waals surface area contributed by atoms with Crippen LogP contribution >= 0.6 is 11.8 Å². The maximum atomic E-state index is 5.86. The monoisotopic (exact) mass is 702 g/mol. The van der Waals surface area contributed by atoms with Gasteiger partial charge in [-0.1, -0.05) is 112 Å². The largest absolute Gasteiger partial charge is 0.494 e. The highest BCUT2D eigenvalue weighted by molar-refractivity contribution is 8.00. The van der Waals surface area contributed by atoms with Gasteiger partial charge >= 0.3 is 0 Å². The molecule has 2 unspecified atom stereocenters. The van der Waals surface area contributed by atoms with Crippen molar-refractivity contribution in [3.05, 3.63) is 130 Å². The lowest BCUT2D eigenvalue weighted by atomic mass is 9.77. The van der Waals surface area contributed by atoms with Crippen LogP contribution in [0.25, 0.3) is 0 Å². The third-order valence-corrected chi connectivity index (χ3v) is 13.4. The van der Waals surface area contributed by atoms with E-state index in [0.29, 0.717) is 25.0 Å². The molecule has 2 atom stereocenters. The number of rotatable bonds is 16. The van der Waals surface area contributed by atoms with Crippen molar-refractivity contribution >= 4 is 11.8 Å². The Morgan fingerprint density at radius 1 is 0.451 bits per heavy atom. The number of hydrogen-bond donors (Lipinski definition) is 0. The van der Waals surface area contributed by atoms with E-state index in [9.17, 15) is 0 Å². The lowest BCUT2D eigenvalue weighted by molar-refractivity contribution is 0.308. The first-order valence-electron chi connectivity index (χ1n) is 20.4. The predicted molar refractivity (Wildman–Crippen MR) is 219 cm³/mol. The molecule has 2 aliphatic carbocycles. The Kier molecular flexibility index (Phi) is 14.0. The summed E-state index contributed by atoms with van der Waals surface area (Å²) in [5.41, 5.74) is 8.39. The maximum absolute atomic E-state index is 5.86. The summed E-state index contributed by atoms with van der Waals surface area (Å²) >= 11 is 2.05. The highest BCUT2D eigenvalue weighted by atomic mass is 32.2. The van der Waals surface area contributed by atoms with Crippen molar-refractivity contribution < 1.29 is 9.47 Å². The summed E-state index contributed by atoms with van der Waals surface area (Å²) in [5, 5.41) is 0.334. The van der Waals surface area contributed by atoms with E-state index >= 15 is 0 Å². The Hall–Kier alpha value is -3.17. The van der Waals surface area contributed by atoms with Crippen molar-refractivity contribution in [3.63, 3.8) is 0 Å². The molecule has 0 aliphatic heterocycles. The van der Waals surface area contributed by atoms with Gasteiger partial charge < -0.3 is 9.47 Å². The van der Waals surface area contributed by atoms with Crippen LogP contribution in [0.1, 0.15) is 160 Å². The summed E-state index contributed by atoms with van der Waals surface area (Å²) < 4.78 is 11.7. The van der Waals surface area contributed by atoms with Gasteiger partial charge in [0, 0.05) is 0 Å². The molecule has 0 saturated heterocycles. The second kappa shape index (κ2) is 19.1. The SMILES string of the molecule is CCC[C@H]1CC[C@H](c2ccc(C(SC(c3ccc(OCC)cc3)c3ccc([C@H]4CC[C@H](CCC)CC4)cc3)c3ccc(OCC)cc3)cc2)CC1. The van der Waals surface area contributed by atoms with Crippen molar-refractivity contribution in [1.82, 2.24) is 0 Å². The third kappa shape index (κ3) is 10.0. The molecule has 0 radical (unpaired) electrons. The molecule has 272 valence electrons. The van der Waals surface area contributed by atoms with Crippen LogP contribution in [0, 0.1) is 11.8 Å². The van der Waals surface area contributed by atoms with E-state index in [4.69, 9.17) is 9.47 Å². The highest BCUT2D eigenvalue weighted by Crippen LogP contribution is 2.49. The second-order valence-electron chi connectivity index (χ2n) is 15.2. The van der Waals surface area contributed by atoms with E-state index < -0.39 is 0 Å². The molecule has 0 bridgehead atoms. The van der Waals surface area contributed by atoms with E-state index in [-0.39, 0.29) is 10.5 Å². The van der Waals surface area contributed by atoms with E-state index in [0.717, 1.165) is 23.3 Å². The van der Waals surface area contributed by atoms with Gasteiger partial charge in [0.05, 0.1) is 23.7 Å². The van der Waals surface area contributed by atoms with Crippen LogP contribution in [0.2, 0.25) is 0 Å². The van der Waals surface area contributed by atoms with Gasteiger partial charge in [-0.15, -0.1) is 11.8 Å². The first-order valence-corrected chi connectivity index (χ1v) is 21.3. The Bertz CT molecular complexity index is 1440. The molecule has 2 saturated carbocycles. The van der Waals surface area contributed by atoms with Crippen molar-refractivity contribution in [3.8, 4) is 11.5 Å². The summed E-state index contributed by atoms with van der Waals surface area (Å²) in [4.78, 5) is 0. The topological polar surface area (TPSA) is 18.5 Å². The number of thioether (sulfide) groups is 1. The van der Waals surface area contributed by atoms with Gasteiger partial charge in [0.2, 0.25) is 0 Å². The summed E-state index contributed by atoms with van der Waals surface area (Å²) in [6.45, 7) is 10.1. The summed E-state index contributed by atoms with van der Waals surface area (Å²) in [5.74, 6) is 5.12. The van der Waals surface area contributed by atoms with Crippen LogP contribution in [0.5, 0.6) is 11.5 Å². The standard InChI is InChI=1S/C48H62O2S/c1-5-9-35-11-15-37(16-12-35)39-19-23-41(24-20-39)47(43-27-31-45(32-28-43)49-7-3)51-48(44-29-33-46(34-30-44)50-8-4)42-25-21-40(22-26-42)38-17-13-36(10-6-2)14-18-38/h19-38,47-48H,5-18H2,1-4H3/t35-,36-,37-,38-,47?,48?. The molecule has 3 heteroatoms. The van der Waals surface area contributed by atoms with Crippen molar-refractivity contribution in [2.45, 2.75) is 127 Å². The summed E-state index contributed by atoms with van der Waals surface area (Å²) in [6, 6.07) is 37.2. The van der Waals surface area contributed by atoms with E-state index in [1.807, 2.05) is 0 Å². The van der Waals surface area contributed by atoms with Crippen LogP contribution in [0.3, 0.4) is 0 Å². The Balaban J connectivity index is 1.29. The molecule has 51 heavy (non-hydrogen) atoms. The molecular formula is C48H62O2S. The van der Waals surface area contributed by atoms with Crippen molar-refractivity contribution in [1.29, 1.82) is 0 Å². The molecule has 0 N–H and O–H groups in total. The quantitative estimate of drug-likeness (QED) is 0.116. The molecule has 2 aliphatic rings. The summed E-state index contributed by atoms with van der Waals surface area (Å²) in [7, 11) is 0. The zero-order valence-electron chi connectivity index (χ0n) is 31.8. The molecule has 4 aromatic carbocycles. The maximum Gasteiger partial charge on any atom is 0.119 e. The molecule has 6 rings (SSSR count). The minimum absolute atomic E-state index is 0.167. The van der Waals surface area contributed by atoms with E-state index in [2.05, 4.69) is 137 Å². The molecule has 0 aromatic heterocycles. The van der Waals surface area contributed by atoms with E-state index in [1.165, 1.54) is 110 Å². The number of hydrogen-bond acceptors (Lipinski definition) is 3. The molecule has 0 heterocycles. The van der Waals surface area contributed by atoms with Crippen molar-refractivity contribution in [2.24, 2.45) is 11.8 Å². The first-order chi connectivity index (χ1) is 25.1. The Morgan fingerprint density at radius 2 is 0.765 bits per heavy atom. The lowest BCUT2D eigenvalue weighted by Gasteiger charge is -2.30. The van der Waals surface area contributed by atoms with Gasteiger partial charge in [-0.25, -0.2) is 0 Å². The average Bonchev–Trinajstić information content (AvgIpc) is 3.18. The molecule has 0 amide bonds. The fourth-order valence-electron chi connectivity index (χ4n) is 8.92. The van der Waals surface area contributed by atoms with Crippen LogP contribution in [0.15, 0.2) is 97.1 Å². The van der Waals surface area contributed by atoms with Gasteiger partial charge in [0.25, 0.3) is 0 Å². The smallest absolute Gasteiger partial charge is 0.119 e. The highest BCUT2D eigenvalue weighted by Gasteiger charge is 2.27. The molecule has 0 spiro atoms. The number of benzene rings is 4. The van der Waals surface area contributed by atoms with Gasteiger partial charge in [-0.3, -0.25) is 0 Å². The van der Waals surface area contributed by atoms with Crippen molar-refractivity contribution in [2.75, 3.05) is 13.2 Å². The fourth-order valence-corrected chi connectivity index (χ4v) is 10.4. The minimum atomic E-state index is 0.167. The van der Waals surface area contributed by atoms with Gasteiger partial charge in [0.15, 0.2) is 0 Å². The molecule has 4 aromatic rings. The predicted octanol–water partition coefficient (Wildman–Crippen LogP) is 14.2. The fraction of sp³-hybridized carbons (Fsp3) is 0.500. The third-order valence-electron chi connectivity index (χ3n) is 11.8. The van der Waals surface area contributed by atoms with Gasteiger partial charge in [0.1, 0.15) is 11.5 Å². The molecule has 2 fully saturated rings. The first kappa shape index (κ1) is 37.6. The number of ether oxygens (including phenoxy) is 2.